The standard InChI is InChI=1S/C13H20N2O4S/c1-4-6-9-12-10(7-8-14(12)11(16)5-2)15(13(9)17)20(3,18)19/h5,9-10,12H,2,4,6-8H2,1,3H3/t9-,10+,12-/m1/s1. The van der Waals surface area contributed by atoms with Crippen molar-refractivity contribution in [1.29, 1.82) is 0 Å². The molecule has 0 N–H and O–H groups in total. The smallest absolute Gasteiger partial charge is 0.246 e. The summed E-state index contributed by atoms with van der Waals surface area (Å²) in [6.45, 7) is 5.89. The van der Waals surface area contributed by atoms with E-state index in [2.05, 4.69) is 6.58 Å². The maximum Gasteiger partial charge on any atom is 0.246 e. The number of carbonyl (C=O) groups is 2. The lowest BCUT2D eigenvalue weighted by molar-refractivity contribution is -0.130. The van der Waals surface area contributed by atoms with E-state index in [-0.39, 0.29) is 17.9 Å². The van der Waals surface area contributed by atoms with Crippen molar-refractivity contribution < 1.29 is 18.0 Å². The molecular formula is C13H20N2O4S. The molecule has 3 atom stereocenters. The Morgan fingerprint density at radius 1 is 1.50 bits per heavy atom. The Labute approximate surface area is 119 Å². The lowest BCUT2D eigenvalue weighted by Gasteiger charge is -2.26. The summed E-state index contributed by atoms with van der Waals surface area (Å²) in [6.07, 6.45) is 4.14. The quantitative estimate of drug-likeness (QED) is 0.703. The van der Waals surface area contributed by atoms with Crippen LogP contribution in [0.4, 0.5) is 0 Å². The first kappa shape index (κ1) is 15.0. The van der Waals surface area contributed by atoms with Gasteiger partial charge in [-0.1, -0.05) is 19.9 Å². The van der Waals surface area contributed by atoms with Gasteiger partial charge in [0, 0.05) is 6.54 Å². The van der Waals surface area contributed by atoms with Gasteiger partial charge in [-0.2, -0.15) is 0 Å². The van der Waals surface area contributed by atoms with Gasteiger partial charge in [-0.25, -0.2) is 12.7 Å². The number of rotatable bonds is 4. The molecule has 2 heterocycles. The number of amides is 2. The van der Waals surface area contributed by atoms with Crippen LogP contribution in [0.2, 0.25) is 0 Å². The summed E-state index contributed by atoms with van der Waals surface area (Å²) in [5, 5.41) is 0. The Morgan fingerprint density at radius 2 is 2.15 bits per heavy atom. The fourth-order valence-corrected chi connectivity index (χ4v) is 4.59. The van der Waals surface area contributed by atoms with Crippen LogP contribution in [0.3, 0.4) is 0 Å². The topological polar surface area (TPSA) is 74.8 Å². The maximum atomic E-state index is 12.4. The SMILES string of the molecule is C=CC(=O)N1CC[C@H]2[C@H]1[C@@H](CCC)C(=O)N2S(C)(=O)=O. The van der Waals surface area contributed by atoms with Gasteiger partial charge in [0.15, 0.2) is 0 Å². The van der Waals surface area contributed by atoms with E-state index in [1.54, 1.807) is 4.90 Å². The van der Waals surface area contributed by atoms with Crippen molar-refractivity contribution in [2.75, 3.05) is 12.8 Å². The highest BCUT2D eigenvalue weighted by Gasteiger charge is 2.56. The van der Waals surface area contributed by atoms with Crippen LogP contribution in [0.15, 0.2) is 12.7 Å². The number of hydrogen-bond acceptors (Lipinski definition) is 4. The molecule has 6 nitrogen and oxygen atoms in total. The average Bonchev–Trinajstić information content (AvgIpc) is 2.87. The summed E-state index contributed by atoms with van der Waals surface area (Å²) in [5.41, 5.74) is 0. The Hall–Kier alpha value is -1.37. The third kappa shape index (κ3) is 2.24. The van der Waals surface area contributed by atoms with Crippen LogP contribution in [0.25, 0.3) is 0 Å². The molecule has 2 aliphatic rings. The van der Waals surface area contributed by atoms with E-state index in [9.17, 15) is 18.0 Å². The Bertz CT molecular complexity index is 543. The van der Waals surface area contributed by atoms with E-state index >= 15 is 0 Å². The fraction of sp³-hybridized carbons (Fsp3) is 0.692. The van der Waals surface area contributed by atoms with Gasteiger partial charge in [-0.15, -0.1) is 0 Å². The van der Waals surface area contributed by atoms with E-state index in [0.29, 0.717) is 19.4 Å². The zero-order valence-corrected chi connectivity index (χ0v) is 12.6. The Morgan fingerprint density at radius 3 is 2.65 bits per heavy atom. The summed E-state index contributed by atoms with van der Waals surface area (Å²) in [4.78, 5) is 25.9. The van der Waals surface area contributed by atoms with Crippen molar-refractivity contribution in [2.45, 2.75) is 38.3 Å². The van der Waals surface area contributed by atoms with Gasteiger partial charge >= 0.3 is 0 Å². The van der Waals surface area contributed by atoms with Crippen LogP contribution in [0, 0.1) is 5.92 Å². The first-order valence-electron chi connectivity index (χ1n) is 6.79. The molecule has 0 bridgehead atoms. The number of likely N-dealkylation sites (tertiary alicyclic amines) is 1. The number of sulfonamides is 1. The van der Waals surface area contributed by atoms with Gasteiger partial charge in [0.2, 0.25) is 21.8 Å². The minimum Gasteiger partial charge on any atom is -0.333 e. The fourth-order valence-electron chi connectivity index (χ4n) is 3.40. The zero-order valence-electron chi connectivity index (χ0n) is 11.8. The molecule has 0 aromatic heterocycles. The van der Waals surface area contributed by atoms with Crippen molar-refractivity contribution >= 4 is 21.8 Å². The number of hydrogen-bond donors (Lipinski definition) is 0. The van der Waals surface area contributed by atoms with Gasteiger partial charge in [0.25, 0.3) is 0 Å². The van der Waals surface area contributed by atoms with Crippen molar-refractivity contribution in [3.8, 4) is 0 Å². The van der Waals surface area contributed by atoms with E-state index in [4.69, 9.17) is 0 Å². The third-order valence-corrected chi connectivity index (χ3v) is 5.25. The van der Waals surface area contributed by atoms with E-state index in [1.165, 1.54) is 6.08 Å². The molecule has 0 saturated carbocycles. The number of nitrogens with zero attached hydrogens (tertiary/aromatic N) is 2. The second-order valence-corrected chi connectivity index (χ2v) is 7.23. The molecule has 2 fully saturated rings. The molecule has 0 aromatic carbocycles. The molecule has 0 aliphatic carbocycles. The highest BCUT2D eigenvalue weighted by atomic mass is 32.2. The highest BCUT2D eigenvalue weighted by molar-refractivity contribution is 7.88. The van der Waals surface area contributed by atoms with E-state index in [1.807, 2.05) is 6.92 Å². The molecular weight excluding hydrogens is 280 g/mol. The third-order valence-electron chi connectivity index (χ3n) is 4.08. The van der Waals surface area contributed by atoms with Crippen molar-refractivity contribution in [2.24, 2.45) is 5.92 Å². The van der Waals surface area contributed by atoms with E-state index in [0.717, 1.165) is 17.0 Å². The van der Waals surface area contributed by atoms with Crippen molar-refractivity contribution in [3.63, 3.8) is 0 Å². The molecule has 20 heavy (non-hydrogen) atoms. The minimum atomic E-state index is -3.59. The van der Waals surface area contributed by atoms with Crippen LogP contribution in [0.5, 0.6) is 0 Å². The first-order valence-corrected chi connectivity index (χ1v) is 8.64. The van der Waals surface area contributed by atoms with Gasteiger partial charge in [0.05, 0.1) is 24.3 Å². The molecule has 7 heteroatoms. The molecule has 0 spiro atoms. The van der Waals surface area contributed by atoms with Crippen LogP contribution in [0.1, 0.15) is 26.2 Å². The predicted octanol–water partition coefficient (Wildman–Crippen LogP) is 0.360. The Balaban J connectivity index is 2.41. The summed E-state index contributed by atoms with van der Waals surface area (Å²) in [6, 6.07) is -0.763. The van der Waals surface area contributed by atoms with Gasteiger partial charge in [0.1, 0.15) is 0 Å². The van der Waals surface area contributed by atoms with Gasteiger partial charge < -0.3 is 4.90 Å². The normalized spacial score (nSPS) is 29.7. The Kier molecular flexibility index (Phi) is 3.90. The van der Waals surface area contributed by atoms with E-state index < -0.39 is 22.0 Å². The largest absolute Gasteiger partial charge is 0.333 e. The zero-order chi connectivity index (χ0) is 15.1. The lowest BCUT2D eigenvalue weighted by atomic mass is 9.94. The van der Waals surface area contributed by atoms with Crippen LogP contribution >= 0.6 is 0 Å². The van der Waals surface area contributed by atoms with Crippen LogP contribution < -0.4 is 0 Å². The average molecular weight is 300 g/mol. The van der Waals surface area contributed by atoms with Crippen LogP contribution in [-0.4, -0.2) is 54.3 Å². The lowest BCUT2D eigenvalue weighted by Crippen LogP contribution is -2.42. The maximum absolute atomic E-state index is 12.4. The molecule has 0 unspecified atom stereocenters. The number of carbonyl (C=O) groups excluding carboxylic acids is 2. The summed E-state index contributed by atoms with van der Waals surface area (Å²) in [7, 11) is -3.59. The molecule has 0 radical (unpaired) electrons. The summed E-state index contributed by atoms with van der Waals surface area (Å²) in [5.74, 6) is -1.03. The molecule has 2 aliphatic heterocycles. The summed E-state index contributed by atoms with van der Waals surface area (Å²) >= 11 is 0. The van der Waals surface area contributed by atoms with Gasteiger partial charge in [-0.3, -0.25) is 9.59 Å². The highest BCUT2D eigenvalue weighted by Crippen LogP contribution is 2.39. The summed E-state index contributed by atoms with van der Waals surface area (Å²) < 4.78 is 24.7. The minimum absolute atomic E-state index is 0.234. The number of fused-ring (bicyclic) bond motifs is 1. The monoisotopic (exact) mass is 300 g/mol. The predicted molar refractivity (Wildman–Crippen MR) is 74.2 cm³/mol. The second-order valence-electron chi connectivity index (χ2n) is 5.37. The van der Waals surface area contributed by atoms with Crippen LogP contribution in [-0.2, 0) is 19.6 Å². The molecule has 0 aromatic rings. The molecule has 2 saturated heterocycles. The van der Waals surface area contributed by atoms with Gasteiger partial charge in [-0.05, 0) is 18.9 Å². The second kappa shape index (κ2) is 5.20. The molecule has 2 rings (SSSR count). The molecule has 2 amide bonds. The first-order chi connectivity index (χ1) is 9.32. The molecule has 112 valence electrons. The van der Waals surface area contributed by atoms with Crippen molar-refractivity contribution in [3.05, 3.63) is 12.7 Å². The van der Waals surface area contributed by atoms with Crippen molar-refractivity contribution in [1.82, 2.24) is 9.21 Å².